The van der Waals surface area contributed by atoms with E-state index in [-0.39, 0.29) is 39.2 Å². The number of nitrogens with one attached hydrogen (secondary N) is 2. The zero-order valence-corrected chi connectivity index (χ0v) is 24.0. The Kier molecular flexibility index (Phi) is 7.02. The van der Waals surface area contributed by atoms with Crippen LogP contribution in [0, 0.1) is 5.92 Å². The summed E-state index contributed by atoms with van der Waals surface area (Å²) in [6.45, 7) is 7.05. The number of Topliss-reactive ketones (excluding diaryl/α,β-unsaturated/α-hetero) is 1. The van der Waals surface area contributed by atoms with Gasteiger partial charge in [-0.15, -0.1) is 4.40 Å². The van der Waals surface area contributed by atoms with Gasteiger partial charge in [0.2, 0.25) is 0 Å². The third kappa shape index (κ3) is 5.24. The molecule has 1 fully saturated rings. The third-order valence-corrected chi connectivity index (χ3v) is 9.09. The summed E-state index contributed by atoms with van der Waals surface area (Å²) < 4.78 is 35.9. The number of anilines is 2. The average molecular weight is 566 g/mol. The number of benzene rings is 2. The van der Waals surface area contributed by atoms with Crippen LogP contribution in [0.25, 0.3) is 5.76 Å². The van der Waals surface area contributed by atoms with Crippen molar-refractivity contribution in [2.24, 2.45) is 10.3 Å². The SMILES string of the molecule is CC(C)(C)OC(=O)Nc1ccc2c(c1)S(=O)(=O)N=C(C1=C(O)c3ccccc3C(C)(CC3CCCCC3)C1=O)N2. The van der Waals surface area contributed by atoms with Crippen molar-refractivity contribution in [2.75, 3.05) is 10.6 Å². The quantitative estimate of drug-likeness (QED) is 0.394. The fourth-order valence-corrected chi connectivity index (χ4v) is 7.12. The van der Waals surface area contributed by atoms with Gasteiger partial charge in [-0.05, 0) is 63.8 Å². The molecule has 1 atom stereocenters. The second-order valence-electron chi connectivity index (χ2n) is 12.0. The molecule has 0 aromatic heterocycles. The van der Waals surface area contributed by atoms with Gasteiger partial charge >= 0.3 is 6.09 Å². The molecule has 10 heteroatoms. The number of ether oxygens (including phenoxy) is 1. The smallest absolute Gasteiger partial charge is 0.412 e. The minimum absolute atomic E-state index is 0.137. The van der Waals surface area contributed by atoms with Gasteiger partial charge in [-0.25, -0.2) is 4.79 Å². The molecule has 212 valence electrons. The number of ketones is 1. The van der Waals surface area contributed by atoms with Gasteiger partial charge in [-0.3, -0.25) is 10.1 Å². The van der Waals surface area contributed by atoms with E-state index in [1.807, 2.05) is 19.1 Å². The second-order valence-corrected chi connectivity index (χ2v) is 13.6. The Morgan fingerprint density at radius 3 is 2.55 bits per heavy atom. The Bertz CT molecular complexity index is 1550. The van der Waals surface area contributed by atoms with Crippen molar-refractivity contribution in [1.29, 1.82) is 0 Å². The summed E-state index contributed by atoms with van der Waals surface area (Å²) in [7, 11) is -4.29. The van der Waals surface area contributed by atoms with Crippen LogP contribution in [0.4, 0.5) is 16.2 Å². The van der Waals surface area contributed by atoms with Crippen molar-refractivity contribution >= 4 is 44.9 Å². The van der Waals surface area contributed by atoms with Crippen LogP contribution in [0.3, 0.4) is 0 Å². The number of nitrogens with zero attached hydrogens (tertiary/aromatic N) is 1. The highest BCUT2D eigenvalue weighted by atomic mass is 32.2. The van der Waals surface area contributed by atoms with E-state index >= 15 is 0 Å². The maximum absolute atomic E-state index is 14.2. The summed E-state index contributed by atoms with van der Waals surface area (Å²) in [6, 6.07) is 11.5. The molecule has 0 saturated heterocycles. The molecule has 40 heavy (non-hydrogen) atoms. The molecule has 9 nitrogen and oxygen atoms in total. The first-order valence-corrected chi connectivity index (χ1v) is 15.1. The summed E-state index contributed by atoms with van der Waals surface area (Å²) in [4.78, 5) is 26.2. The van der Waals surface area contributed by atoms with Crippen molar-refractivity contribution in [2.45, 2.75) is 82.1 Å². The van der Waals surface area contributed by atoms with Gasteiger partial charge in [0.1, 0.15) is 21.8 Å². The van der Waals surface area contributed by atoms with Crippen molar-refractivity contribution in [3.63, 3.8) is 0 Å². The number of carbonyl (C=O) groups excluding carboxylic acids is 2. The monoisotopic (exact) mass is 565 g/mol. The van der Waals surface area contributed by atoms with Crippen molar-refractivity contribution in [3.05, 3.63) is 59.2 Å². The minimum Gasteiger partial charge on any atom is -0.506 e. The summed E-state index contributed by atoms with van der Waals surface area (Å²) in [5.41, 5.74) is -0.179. The lowest BCUT2D eigenvalue weighted by Gasteiger charge is -2.39. The lowest BCUT2D eigenvalue weighted by atomic mass is 9.64. The average Bonchev–Trinajstić information content (AvgIpc) is 2.87. The molecule has 0 radical (unpaired) electrons. The summed E-state index contributed by atoms with van der Waals surface area (Å²) in [6.07, 6.45) is 5.40. The van der Waals surface area contributed by atoms with E-state index in [4.69, 9.17) is 4.74 Å². The van der Waals surface area contributed by atoms with E-state index in [9.17, 15) is 23.1 Å². The fourth-order valence-electron chi connectivity index (χ4n) is 5.97. The van der Waals surface area contributed by atoms with Gasteiger partial charge in [0.15, 0.2) is 11.6 Å². The van der Waals surface area contributed by atoms with Crippen LogP contribution in [0.5, 0.6) is 0 Å². The number of aliphatic hydroxyl groups is 1. The van der Waals surface area contributed by atoms with Gasteiger partial charge in [0.05, 0.1) is 11.1 Å². The van der Waals surface area contributed by atoms with Crippen LogP contribution >= 0.6 is 0 Å². The molecule has 1 heterocycles. The maximum atomic E-state index is 14.2. The molecular weight excluding hydrogens is 530 g/mol. The van der Waals surface area contributed by atoms with Crippen LogP contribution in [-0.2, 0) is 25.0 Å². The molecule has 1 aliphatic heterocycles. The highest BCUT2D eigenvalue weighted by molar-refractivity contribution is 7.90. The normalized spacial score (nSPS) is 22.5. The molecule has 2 aliphatic carbocycles. The summed E-state index contributed by atoms with van der Waals surface area (Å²) in [5.74, 6) is -0.511. The molecule has 0 spiro atoms. The molecule has 5 rings (SSSR count). The van der Waals surface area contributed by atoms with Gasteiger partial charge in [-0.1, -0.05) is 56.4 Å². The lowest BCUT2D eigenvalue weighted by Crippen LogP contribution is -2.43. The van der Waals surface area contributed by atoms with Crippen LogP contribution in [-0.4, -0.2) is 36.8 Å². The molecule has 3 aliphatic rings. The van der Waals surface area contributed by atoms with E-state index in [0.29, 0.717) is 17.9 Å². The van der Waals surface area contributed by atoms with E-state index in [0.717, 1.165) is 31.2 Å². The minimum atomic E-state index is -4.29. The topological polar surface area (TPSA) is 134 Å². The molecule has 2 aromatic carbocycles. The zero-order valence-electron chi connectivity index (χ0n) is 23.2. The highest BCUT2D eigenvalue weighted by Gasteiger charge is 2.47. The van der Waals surface area contributed by atoms with Crippen LogP contribution < -0.4 is 10.6 Å². The highest BCUT2D eigenvalue weighted by Crippen LogP contribution is 2.46. The van der Waals surface area contributed by atoms with Gasteiger partial charge in [0, 0.05) is 11.3 Å². The molecular formula is C30H35N3O6S. The van der Waals surface area contributed by atoms with Crippen molar-refractivity contribution in [3.8, 4) is 0 Å². The Labute approximate surface area is 234 Å². The lowest BCUT2D eigenvalue weighted by molar-refractivity contribution is -0.120. The predicted molar refractivity (Wildman–Crippen MR) is 154 cm³/mol. The molecule has 3 N–H and O–H groups in total. The van der Waals surface area contributed by atoms with Crippen molar-refractivity contribution < 1.29 is 27.9 Å². The largest absolute Gasteiger partial charge is 0.506 e. The number of amidine groups is 1. The van der Waals surface area contributed by atoms with E-state index in [1.54, 1.807) is 32.9 Å². The maximum Gasteiger partial charge on any atom is 0.412 e. The number of carbonyl (C=O) groups is 2. The van der Waals surface area contributed by atoms with Gasteiger partial charge < -0.3 is 15.2 Å². The second kappa shape index (κ2) is 10.1. The van der Waals surface area contributed by atoms with Crippen LogP contribution in [0.1, 0.15) is 77.3 Å². The zero-order chi connectivity index (χ0) is 28.9. The van der Waals surface area contributed by atoms with Gasteiger partial charge in [-0.2, -0.15) is 8.42 Å². The Hall–Kier alpha value is -3.66. The number of hydrogen-bond donors (Lipinski definition) is 3. The Morgan fingerprint density at radius 2 is 1.85 bits per heavy atom. The molecule has 1 amide bonds. The number of amides is 1. The first-order chi connectivity index (χ1) is 18.8. The predicted octanol–water partition coefficient (Wildman–Crippen LogP) is 6.33. The third-order valence-electron chi connectivity index (χ3n) is 7.77. The Morgan fingerprint density at radius 1 is 1.15 bits per heavy atom. The van der Waals surface area contributed by atoms with Crippen molar-refractivity contribution in [1.82, 2.24) is 0 Å². The Balaban J connectivity index is 1.52. The van der Waals surface area contributed by atoms with E-state index in [1.165, 1.54) is 24.6 Å². The number of rotatable bonds is 4. The van der Waals surface area contributed by atoms with E-state index in [2.05, 4.69) is 15.0 Å². The van der Waals surface area contributed by atoms with Crippen LogP contribution in [0.15, 0.2) is 57.3 Å². The molecule has 2 aromatic rings. The van der Waals surface area contributed by atoms with Crippen LogP contribution in [0.2, 0.25) is 0 Å². The van der Waals surface area contributed by atoms with E-state index < -0.39 is 27.1 Å². The molecule has 1 saturated carbocycles. The molecule has 1 unspecified atom stereocenters. The number of aliphatic hydroxyl groups excluding tert-OH is 1. The number of hydrogen-bond acceptors (Lipinski definition) is 7. The number of sulfonamides is 1. The first kappa shape index (κ1) is 27.9. The summed E-state index contributed by atoms with van der Waals surface area (Å²) in [5, 5.41) is 16.8. The van der Waals surface area contributed by atoms with Gasteiger partial charge in [0.25, 0.3) is 10.0 Å². The first-order valence-electron chi connectivity index (χ1n) is 13.6. The summed E-state index contributed by atoms with van der Waals surface area (Å²) >= 11 is 0. The molecule has 0 bridgehead atoms. The fraction of sp³-hybridized carbons (Fsp3) is 0.433. The standard InChI is InChI=1S/C30H35N3O6S/c1-29(2,3)39-28(36)31-19-14-15-22-23(16-19)40(37,38)33-27(32-22)24-25(34)20-12-8-9-13-21(20)30(4,26(24)35)17-18-10-6-5-7-11-18/h8-9,12-16,18,34H,5-7,10-11,17H2,1-4H3,(H,31,36)(H,32,33). The number of fused-ring (bicyclic) bond motifs is 2.